The standard InChI is InChI=1S/C14H18BrNO4S/c1-13(2)19-9-14(10-20-13)7-16(8-14)21(17,18)12-5-3-11(15)4-6-12/h3-6H,7-10H2,1-2H3. The smallest absolute Gasteiger partial charge is 0.243 e. The Morgan fingerprint density at radius 3 is 2.14 bits per heavy atom. The zero-order chi connectivity index (χ0) is 15.3. The van der Waals surface area contributed by atoms with Crippen LogP contribution in [0.15, 0.2) is 33.6 Å². The fourth-order valence-corrected chi connectivity index (χ4v) is 4.48. The molecule has 7 heteroatoms. The molecule has 2 aliphatic rings. The van der Waals surface area contributed by atoms with Crippen LogP contribution in [0.3, 0.4) is 0 Å². The van der Waals surface area contributed by atoms with Crippen LogP contribution in [-0.2, 0) is 19.5 Å². The van der Waals surface area contributed by atoms with E-state index in [0.29, 0.717) is 31.2 Å². The number of hydrogen-bond acceptors (Lipinski definition) is 4. The maximum Gasteiger partial charge on any atom is 0.243 e. The van der Waals surface area contributed by atoms with Gasteiger partial charge in [0.05, 0.1) is 18.1 Å². The molecule has 0 saturated carbocycles. The first-order chi connectivity index (χ1) is 9.73. The van der Waals surface area contributed by atoms with Crippen molar-refractivity contribution in [1.29, 1.82) is 0 Å². The van der Waals surface area contributed by atoms with Crippen molar-refractivity contribution in [3.63, 3.8) is 0 Å². The molecule has 1 aromatic rings. The van der Waals surface area contributed by atoms with Crippen LogP contribution in [0.5, 0.6) is 0 Å². The SMILES string of the molecule is CC1(C)OCC2(CO1)CN(S(=O)(=O)c1ccc(Br)cc1)C2. The maximum absolute atomic E-state index is 12.5. The number of sulfonamides is 1. The Balaban J connectivity index is 1.70. The van der Waals surface area contributed by atoms with Crippen LogP contribution in [0.2, 0.25) is 0 Å². The number of ether oxygens (including phenoxy) is 2. The summed E-state index contributed by atoms with van der Waals surface area (Å²) >= 11 is 3.31. The van der Waals surface area contributed by atoms with Crippen molar-refractivity contribution in [3.8, 4) is 0 Å². The molecule has 2 fully saturated rings. The molecule has 0 radical (unpaired) electrons. The van der Waals surface area contributed by atoms with Gasteiger partial charge in [-0.2, -0.15) is 4.31 Å². The molecule has 1 spiro atoms. The molecular weight excluding hydrogens is 358 g/mol. The summed E-state index contributed by atoms with van der Waals surface area (Å²) in [6.07, 6.45) is 0. The molecule has 21 heavy (non-hydrogen) atoms. The molecule has 0 amide bonds. The highest BCUT2D eigenvalue weighted by atomic mass is 79.9. The third kappa shape index (κ3) is 2.90. The number of hydrogen-bond donors (Lipinski definition) is 0. The van der Waals surface area contributed by atoms with Crippen molar-refractivity contribution in [2.24, 2.45) is 5.41 Å². The molecule has 0 atom stereocenters. The molecular formula is C14H18BrNO4S. The van der Waals surface area contributed by atoms with Crippen LogP contribution in [0, 0.1) is 5.41 Å². The molecule has 116 valence electrons. The maximum atomic E-state index is 12.5. The van der Waals surface area contributed by atoms with Gasteiger partial charge in [0.25, 0.3) is 0 Å². The lowest BCUT2D eigenvalue weighted by Crippen LogP contribution is -2.65. The van der Waals surface area contributed by atoms with Gasteiger partial charge in [0, 0.05) is 23.0 Å². The van der Waals surface area contributed by atoms with Gasteiger partial charge in [0.1, 0.15) is 0 Å². The molecule has 0 aromatic heterocycles. The highest BCUT2D eigenvalue weighted by Crippen LogP contribution is 2.40. The minimum Gasteiger partial charge on any atom is -0.350 e. The van der Waals surface area contributed by atoms with Gasteiger partial charge < -0.3 is 9.47 Å². The lowest BCUT2D eigenvalue weighted by Gasteiger charge is -2.53. The van der Waals surface area contributed by atoms with Gasteiger partial charge in [0.15, 0.2) is 5.79 Å². The Labute approximate surface area is 133 Å². The van der Waals surface area contributed by atoms with Crippen LogP contribution in [0.4, 0.5) is 0 Å². The van der Waals surface area contributed by atoms with E-state index in [-0.39, 0.29) is 5.41 Å². The lowest BCUT2D eigenvalue weighted by atomic mass is 9.82. The van der Waals surface area contributed by atoms with E-state index < -0.39 is 15.8 Å². The molecule has 0 aliphatic carbocycles. The average Bonchev–Trinajstić information content (AvgIpc) is 2.37. The normalized spacial score (nSPS) is 24.7. The van der Waals surface area contributed by atoms with Crippen LogP contribution in [0.1, 0.15) is 13.8 Å². The Kier molecular flexibility index (Phi) is 3.69. The first-order valence-corrected chi connectivity index (χ1v) is 9.00. The van der Waals surface area contributed by atoms with Gasteiger partial charge >= 0.3 is 0 Å². The first-order valence-electron chi connectivity index (χ1n) is 6.76. The van der Waals surface area contributed by atoms with E-state index in [1.54, 1.807) is 24.3 Å². The zero-order valence-corrected chi connectivity index (χ0v) is 14.4. The number of benzene rings is 1. The summed E-state index contributed by atoms with van der Waals surface area (Å²) in [4.78, 5) is 0.318. The highest BCUT2D eigenvalue weighted by molar-refractivity contribution is 9.10. The van der Waals surface area contributed by atoms with Crippen molar-refractivity contribution in [2.75, 3.05) is 26.3 Å². The Bertz CT molecular complexity index is 623. The van der Waals surface area contributed by atoms with Gasteiger partial charge in [-0.1, -0.05) is 15.9 Å². The van der Waals surface area contributed by atoms with E-state index in [2.05, 4.69) is 15.9 Å². The minimum absolute atomic E-state index is 0.196. The number of nitrogens with zero attached hydrogens (tertiary/aromatic N) is 1. The molecule has 5 nitrogen and oxygen atoms in total. The summed E-state index contributed by atoms with van der Waals surface area (Å²) in [7, 11) is -3.42. The monoisotopic (exact) mass is 375 g/mol. The fraction of sp³-hybridized carbons (Fsp3) is 0.571. The quantitative estimate of drug-likeness (QED) is 0.795. The molecule has 1 aromatic carbocycles. The second-order valence-electron chi connectivity index (χ2n) is 6.20. The summed E-state index contributed by atoms with van der Waals surface area (Å²) in [5.74, 6) is -0.573. The second-order valence-corrected chi connectivity index (χ2v) is 9.06. The molecule has 0 N–H and O–H groups in total. The third-order valence-corrected chi connectivity index (χ3v) is 6.26. The third-order valence-electron chi connectivity index (χ3n) is 3.93. The van der Waals surface area contributed by atoms with E-state index in [1.165, 1.54) is 4.31 Å². The topological polar surface area (TPSA) is 55.8 Å². The minimum atomic E-state index is -3.42. The molecule has 3 rings (SSSR count). The van der Waals surface area contributed by atoms with Crippen molar-refractivity contribution < 1.29 is 17.9 Å². The summed E-state index contributed by atoms with van der Waals surface area (Å²) in [5, 5.41) is 0. The van der Waals surface area contributed by atoms with Crippen molar-refractivity contribution in [1.82, 2.24) is 4.31 Å². The van der Waals surface area contributed by atoms with Crippen molar-refractivity contribution in [2.45, 2.75) is 24.5 Å². The van der Waals surface area contributed by atoms with E-state index >= 15 is 0 Å². The van der Waals surface area contributed by atoms with Gasteiger partial charge in [-0.3, -0.25) is 0 Å². The molecule has 0 bridgehead atoms. The van der Waals surface area contributed by atoms with Crippen molar-refractivity contribution in [3.05, 3.63) is 28.7 Å². The Morgan fingerprint density at radius 2 is 1.62 bits per heavy atom. The average molecular weight is 376 g/mol. The van der Waals surface area contributed by atoms with Gasteiger partial charge in [0.2, 0.25) is 10.0 Å². The summed E-state index contributed by atoms with van der Waals surface area (Å²) in [6, 6.07) is 6.69. The van der Waals surface area contributed by atoms with E-state index in [4.69, 9.17) is 9.47 Å². The first kappa shape index (κ1) is 15.4. The zero-order valence-electron chi connectivity index (χ0n) is 12.0. The highest BCUT2D eigenvalue weighted by Gasteiger charge is 2.52. The van der Waals surface area contributed by atoms with Gasteiger partial charge in [-0.05, 0) is 38.1 Å². The van der Waals surface area contributed by atoms with Crippen LogP contribution in [0.25, 0.3) is 0 Å². The largest absolute Gasteiger partial charge is 0.350 e. The second kappa shape index (κ2) is 5.03. The van der Waals surface area contributed by atoms with E-state index in [1.807, 2.05) is 13.8 Å². The number of rotatable bonds is 2. The van der Waals surface area contributed by atoms with Crippen molar-refractivity contribution >= 4 is 26.0 Å². The molecule has 2 heterocycles. The predicted molar refractivity (Wildman–Crippen MR) is 81.3 cm³/mol. The fourth-order valence-electron chi connectivity index (χ4n) is 2.55. The molecule has 2 aliphatic heterocycles. The van der Waals surface area contributed by atoms with Crippen LogP contribution >= 0.6 is 15.9 Å². The molecule has 2 saturated heterocycles. The predicted octanol–water partition coefficient (Wildman–Crippen LogP) is 2.22. The Hall–Kier alpha value is -0.470. The van der Waals surface area contributed by atoms with Gasteiger partial charge in [-0.25, -0.2) is 8.42 Å². The van der Waals surface area contributed by atoms with Gasteiger partial charge in [-0.15, -0.1) is 0 Å². The summed E-state index contributed by atoms with van der Waals surface area (Å²) < 4.78 is 38.7. The summed E-state index contributed by atoms with van der Waals surface area (Å²) in [5.41, 5.74) is -0.196. The lowest BCUT2D eigenvalue weighted by molar-refractivity contribution is -0.299. The molecule has 0 unspecified atom stereocenters. The number of halogens is 1. The van der Waals surface area contributed by atoms with Crippen LogP contribution in [-0.4, -0.2) is 44.8 Å². The van der Waals surface area contributed by atoms with E-state index in [9.17, 15) is 8.42 Å². The van der Waals surface area contributed by atoms with Crippen LogP contribution < -0.4 is 0 Å². The Morgan fingerprint density at radius 1 is 1.10 bits per heavy atom. The summed E-state index contributed by atoms with van der Waals surface area (Å²) in [6.45, 7) is 5.70. The van der Waals surface area contributed by atoms with E-state index in [0.717, 1.165) is 4.47 Å².